The third-order valence-electron chi connectivity index (χ3n) is 4.78. The van der Waals surface area contributed by atoms with Crippen LogP contribution >= 0.6 is 0 Å². The van der Waals surface area contributed by atoms with Crippen molar-refractivity contribution in [3.05, 3.63) is 54.5 Å². The van der Waals surface area contributed by atoms with Crippen molar-refractivity contribution < 1.29 is 0 Å². The average molecular weight is 336 g/mol. The van der Waals surface area contributed by atoms with E-state index in [2.05, 4.69) is 60.4 Å². The van der Waals surface area contributed by atoms with Gasteiger partial charge in [-0.05, 0) is 11.6 Å². The summed E-state index contributed by atoms with van der Waals surface area (Å²) in [6.07, 6.45) is 3.51. The molecule has 0 saturated carbocycles. The first-order valence-corrected chi connectivity index (χ1v) is 8.89. The smallest absolute Gasteiger partial charge is 0.153 e. The van der Waals surface area contributed by atoms with Gasteiger partial charge in [0.15, 0.2) is 5.82 Å². The van der Waals surface area contributed by atoms with Crippen molar-refractivity contribution in [1.29, 1.82) is 0 Å². The normalized spacial score (nSPS) is 16.3. The topological polar surface area (TPSA) is 60.1 Å². The second-order valence-electron chi connectivity index (χ2n) is 6.49. The third kappa shape index (κ3) is 3.97. The number of aromatic amines is 1. The largest absolute Gasteiger partial charge is 0.367 e. The van der Waals surface area contributed by atoms with Crippen molar-refractivity contribution >= 4 is 16.9 Å². The minimum absolute atomic E-state index is 0.887. The highest BCUT2D eigenvalue weighted by Gasteiger charge is 2.16. The van der Waals surface area contributed by atoms with E-state index in [1.165, 1.54) is 5.56 Å². The lowest BCUT2D eigenvalue weighted by atomic mass is 10.2. The van der Waals surface area contributed by atoms with Gasteiger partial charge in [0.1, 0.15) is 11.8 Å². The average Bonchev–Trinajstić information content (AvgIpc) is 3.14. The monoisotopic (exact) mass is 336 g/mol. The maximum Gasteiger partial charge on any atom is 0.153 e. The third-order valence-corrected chi connectivity index (χ3v) is 4.78. The van der Waals surface area contributed by atoms with Gasteiger partial charge in [-0.2, -0.15) is 0 Å². The van der Waals surface area contributed by atoms with Crippen molar-refractivity contribution in [2.24, 2.45) is 0 Å². The molecule has 1 fully saturated rings. The molecule has 3 heterocycles. The van der Waals surface area contributed by atoms with Crippen LogP contribution in [0.1, 0.15) is 5.56 Å². The Labute approximate surface area is 147 Å². The number of piperazine rings is 1. The van der Waals surface area contributed by atoms with Crippen LogP contribution in [-0.4, -0.2) is 64.0 Å². The van der Waals surface area contributed by atoms with E-state index >= 15 is 0 Å². The molecular formula is C19H24N6. The van der Waals surface area contributed by atoms with Crippen LogP contribution in [0.4, 0.5) is 5.82 Å². The van der Waals surface area contributed by atoms with Crippen LogP contribution in [0.25, 0.3) is 11.0 Å². The van der Waals surface area contributed by atoms with Crippen LogP contribution in [0.2, 0.25) is 0 Å². The molecule has 0 aliphatic carbocycles. The van der Waals surface area contributed by atoms with Crippen molar-refractivity contribution in [1.82, 2.24) is 24.8 Å². The van der Waals surface area contributed by atoms with Crippen LogP contribution in [0.15, 0.2) is 48.9 Å². The van der Waals surface area contributed by atoms with E-state index in [4.69, 9.17) is 0 Å². The molecule has 6 nitrogen and oxygen atoms in total. The minimum atomic E-state index is 0.887. The minimum Gasteiger partial charge on any atom is -0.367 e. The van der Waals surface area contributed by atoms with Crippen molar-refractivity contribution in [2.45, 2.75) is 6.54 Å². The Balaban J connectivity index is 1.22. The number of hydrogen-bond donors (Lipinski definition) is 2. The van der Waals surface area contributed by atoms with Gasteiger partial charge in [-0.15, -0.1) is 0 Å². The molecule has 0 atom stereocenters. The molecule has 1 aromatic carbocycles. The zero-order valence-corrected chi connectivity index (χ0v) is 14.4. The van der Waals surface area contributed by atoms with Gasteiger partial charge in [0.05, 0.1) is 5.52 Å². The molecule has 0 amide bonds. The molecule has 3 aromatic rings. The van der Waals surface area contributed by atoms with Crippen molar-refractivity contribution in [3.63, 3.8) is 0 Å². The van der Waals surface area contributed by atoms with Crippen LogP contribution in [0, 0.1) is 0 Å². The Hall–Kier alpha value is -2.44. The maximum absolute atomic E-state index is 4.34. The highest BCUT2D eigenvalue weighted by Crippen LogP contribution is 2.16. The molecule has 2 N–H and O–H groups in total. The second-order valence-corrected chi connectivity index (χ2v) is 6.49. The Morgan fingerprint density at radius 1 is 0.960 bits per heavy atom. The molecule has 0 unspecified atom stereocenters. The fourth-order valence-corrected chi connectivity index (χ4v) is 3.35. The summed E-state index contributed by atoms with van der Waals surface area (Å²) in [6, 6.07) is 12.7. The lowest BCUT2D eigenvalue weighted by Gasteiger charge is -2.34. The van der Waals surface area contributed by atoms with Gasteiger partial charge in [0, 0.05) is 52.0 Å². The first-order chi connectivity index (χ1) is 12.4. The summed E-state index contributed by atoms with van der Waals surface area (Å²) in [5.74, 6) is 0.887. The quantitative estimate of drug-likeness (QED) is 0.723. The molecule has 2 aromatic heterocycles. The van der Waals surface area contributed by atoms with Gasteiger partial charge < -0.3 is 10.3 Å². The molecule has 4 rings (SSSR count). The van der Waals surface area contributed by atoms with E-state index in [-0.39, 0.29) is 0 Å². The van der Waals surface area contributed by atoms with E-state index in [1.54, 1.807) is 6.33 Å². The van der Waals surface area contributed by atoms with E-state index in [0.717, 1.165) is 62.7 Å². The number of anilines is 1. The maximum atomic E-state index is 4.34. The van der Waals surface area contributed by atoms with Gasteiger partial charge in [0.25, 0.3) is 0 Å². The van der Waals surface area contributed by atoms with Crippen LogP contribution in [0.3, 0.4) is 0 Å². The molecule has 0 radical (unpaired) electrons. The molecular weight excluding hydrogens is 312 g/mol. The second kappa shape index (κ2) is 7.63. The van der Waals surface area contributed by atoms with E-state index in [9.17, 15) is 0 Å². The Kier molecular flexibility index (Phi) is 4.90. The van der Waals surface area contributed by atoms with E-state index < -0.39 is 0 Å². The van der Waals surface area contributed by atoms with Gasteiger partial charge in [-0.1, -0.05) is 30.3 Å². The molecule has 25 heavy (non-hydrogen) atoms. The first kappa shape index (κ1) is 16.1. The Morgan fingerprint density at radius 3 is 2.60 bits per heavy atom. The predicted octanol–water partition coefficient (Wildman–Crippen LogP) is 2.19. The predicted molar refractivity (Wildman–Crippen MR) is 101 cm³/mol. The lowest BCUT2D eigenvalue weighted by molar-refractivity contribution is 0.130. The van der Waals surface area contributed by atoms with Crippen molar-refractivity contribution in [3.8, 4) is 0 Å². The standard InChI is InChI=1S/C19H24N6/c1-2-4-16(5-3-1)14-25-12-10-24(11-13-25)9-8-21-19-18-17(6-7-20-18)22-15-23-19/h1-7,15,20H,8-14H2,(H,21,22,23). The van der Waals surface area contributed by atoms with Gasteiger partial charge in [0.2, 0.25) is 0 Å². The zero-order valence-electron chi connectivity index (χ0n) is 14.4. The number of nitrogens with one attached hydrogen (secondary N) is 2. The number of benzene rings is 1. The molecule has 130 valence electrons. The molecule has 0 bridgehead atoms. The number of fused-ring (bicyclic) bond motifs is 1. The fourth-order valence-electron chi connectivity index (χ4n) is 3.35. The number of nitrogens with zero attached hydrogens (tertiary/aromatic N) is 4. The molecule has 1 aliphatic rings. The van der Waals surface area contributed by atoms with Crippen LogP contribution in [-0.2, 0) is 6.54 Å². The summed E-state index contributed by atoms with van der Waals surface area (Å²) in [4.78, 5) is 16.8. The summed E-state index contributed by atoms with van der Waals surface area (Å²) >= 11 is 0. The van der Waals surface area contributed by atoms with E-state index in [1.807, 2.05) is 12.3 Å². The summed E-state index contributed by atoms with van der Waals surface area (Å²) in [6.45, 7) is 7.48. The number of H-pyrrole nitrogens is 1. The Morgan fingerprint density at radius 2 is 1.76 bits per heavy atom. The first-order valence-electron chi connectivity index (χ1n) is 8.89. The summed E-state index contributed by atoms with van der Waals surface area (Å²) in [5.41, 5.74) is 3.33. The fraction of sp³-hybridized carbons (Fsp3) is 0.368. The van der Waals surface area contributed by atoms with Gasteiger partial charge >= 0.3 is 0 Å². The highest BCUT2D eigenvalue weighted by molar-refractivity contribution is 5.85. The molecule has 6 heteroatoms. The lowest BCUT2D eigenvalue weighted by Crippen LogP contribution is -2.47. The van der Waals surface area contributed by atoms with Crippen LogP contribution < -0.4 is 5.32 Å². The molecule has 1 aliphatic heterocycles. The number of rotatable bonds is 6. The summed E-state index contributed by atoms with van der Waals surface area (Å²) in [5, 5.41) is 3.43. The van der Waals surface area contributed by atoms with E-state index in [0.29, 0.717) is 0 Å². The molecule has 1 saturated heterocycles. The molecule has 0 spiro atoms. The van der Waals surface area contributed by atoms with Crippen molar-refractivity contribution in [2.75, 3.05) is 44.6 Å². The van der Waals surface area contributed by atoms with Gasteiger partial charge in [-0.25, -0.2) is 9.97 Å². The highest BCUT2D eigenvalue weighted by atomic mass is 15.3. The number of aromatic nitrogens is 3. The summed E-state index contributed by atoms with van der Waals surface area (Å²) in [7, 11) is 0. The zero-order chi connectivity index (χ0) is 16.9. The Bertz CT molecular complexity index is 792. The SMILES string of the molecule is c1ccc(CN2CCN(CCNc3ncnc4cc[nH]c34)CC2)cc1. The van der Waals surface area contributed by atoms with Crippen LogP contribution in [0.5, 0.6) is 0 Å². The van der Waals surface area contributed by atoms with Gasteiger partial charge in [-0.3, -0.25) is 9.80 Å². The number of hydrogen-bond acceptors (Lipinski definition) is 5. The summed E-state index contributed by atoms with van der Waals surface area (Å²) < 4.78 is 0.